The molecule has 4 aromatic rings. The lowest BCUT2D eigenvalue weighted by atomic mass is 9.96. The van der Waals surface area contributed by atoms with Gasteiger partial charge in [0.1, 0.15) is 24.1 Å². The second-order valence-corrected chi connectivity index (χ2v) is 8.41. The van der Waals surface area contributed by atoms with E-state index >= 15 is 0 Å². The Kier molecular flexibility index (Phi) is 4.74. The van der Waals surface area contributed by atoms with Gasteiger partial charge < -0.3 is 20.1 Å². The number of carbonyl (C=O) groups is 1. The van der Waals surface area contributed by atoms with Gasteiger partial charge in [-0.25, -0.2) is 24.9 Å². The molecule has 6 rings (SSSR count). The lowest BCUT2D eigenvalue weighted by Gasteiger charge is -2.37. The molecular formula is C23H22N8O3. The summed E-state index contributed by atoms with van der Waals surface area (Å²) in [5.41, 5.74) is 0.670. The standard InChI is InChI=1S/C23H22N8O3/c1-2-23-11-30(22-24-9-6-10-25-22)16(17(23)32)21(34-23)31-13-28-15-18(26-12-27-19(15)31)29-20(33)14-7-4-3-5-8-14/h3-10,12-13,16-17,21,32H,2,11H2,1H3,(H,26,27,29,33)/t16-,17+,21-,23+/m1/s1. The van der Waals surface area contributed by atoms with Gasteiger partial charge in [-0.1, -0.05) is 25.1 Å². The number of amides is 1. The van der Waals surface area contributed by atoms with Gasteiger partial charge in [0.2, 0.25) is 5.95 Å². The van der Waals surface area contributed by atoms with Crippen LogP contribution in [-0.4, -0.2) is 64.8 Å². The Balaban J connectivity index is 1.37. The number of benzene rings is 1. The van der Waals surface area contributed by atoms with Gasteiger partial charge in [0.25, 0.3) is 5.91 Å². The zero-order valence-corrected chi connectivity index (χ0v) is 18.3. The molecule has 2 N–H and O–H groups in total. The minimum atomic E-state index is -0.761. The van der Waals surface area contributed by atoms with E-state index in [-0.39, 0.29) is 5.91 Å². The number of anilines is 2. The maximum absolute atomic E-state index is 12.7. The summed E-state index contributed by atoms with van der Waals surface area (Å²) in [7, 11) is 0. The molecule has 2 bridgehead atoms. The number of fused-ring (bicyclic) bond motifs is 3. The molecule has 11 nitrogen and oxygen atoms in total. The van der Waals surface area contributed by atoms with Gasteiger partial charge in [-0.05, 0) is 24.6 Å². The second kappa shape index (κ2) is 7.82. The average Bonchev–Trinajstić information content (AvgIpc) is 3.53. The Hall–Kier alpha value is -3.96. The Bertz CT molecular complexity index is 1350. The minimum absolute atomic E-state index is 0.293. The van der Waals surface area contributed by atoms with Gasteiger partial charge in [0.05, 0.1) is 12.9 Å². The van der Waals surface area contributed by atoms with Crippen LogP contribution >= 0.6 is 0 Å². The summed E-state index contributed by atoms with van der Waals surface area (Å²) in [6, 6.07) is 10.2. The van der Waals surface area contributed by atoms with E-state index in [0.29, 0.717) is 41.5 Å². The van der Waals surface area contributed by atoms with Crippen molar-refractivity contribution in [2.45, 2.75) is 37.3 Å². The van der Waals surface area contributed by atoms with Gasteiger partial charge >= 0.3 is 0 Å². The highest BCUT2D eigenvalue weighted by molar-refractivity contribution is 6.06. The van der Waals surface area contributed by atoms with E-state index in [1.807, 2.05) is 17.9 Å². The van der Waals surface area contributed by atoms with Gasteiger partial charge in [0.15, 0.2) is 23.2 Å². The van der Waals surface area contributed by atoms with Crippen LogP contribution in [0, 0.1) is 0 Å². The summed E-state index contributed by atoms with van der Waals surface area (Å²) >= 11 is 0. The number of rotatable bonds is 5. The normalized spacial score (nSPS) is 25.7. The number of hydrogen-bond acceptors (Lipinski definition) is 9. The SMILES string of the molecule is CC[C@@]12CN(c3ncccn3)[C@@H]([C@H](n3cnc4c(NC(=O)c5ccccc5)ncnc43)O1)[C@@H]2O. The van der Waals surface area contributed by atoms with E-state index in [1.165, 1.54) is 6.33 Å². The number of aliphatic hydroxyl groups is 1. The Labute approximate surface area is 194 Å². The molecule has 4 atom stereocenters. The van der Waals surface area contributed by atoms with Crippen LogP contribution in [0.15, 0.2) is 61.4 Å². The number of imidazole rings is 1. The molecular weight excluding hydrogens is 436 g/mol. The molecule has 172 valence electrons. The molecule has 34 heavy (non-hydrogen) atoms. The molecule has 0 saturated carbocycles. The fourth-order valence-electron chi connectivity index (χ4n) is 4.86. The summed E-state index contributed by atoms with van der Waals surface area (Å²) in [6.07, 6.45) is 5.62. The van der Waals surface area contributed by atoms with Crippen molar-refractivity contribution in [3.63, 3.8) is 0 Å². The highest BCUT2D eigenvalue weighted by Crippen LogP contribution is 2.49. The quantitative estimate of drug-likeness (QED) is 0.459. The molecule has 0 aliphatic carbocycles. The van der Waals surface area contributed by atoms with E-state index in [1.54, 1.807) is 53.6 Å². The molecule has 2 saturated heterocycles. The average molecular weight is 458 g/mol. The van der Waals surface area contributed by atoms with Crippen molar-refractivity contribution in [2.24, 2.45) is 0 Å². The van der Waals surface area contributed by atoms with Gasteiger partial charge in [-0.3, -0.25) is 9.36 Å². The van der Waals surface area contributed by atoms with Crippen molar-refractivity contribution < 1.29 is 14.6 Å². The maximum Gasteiger partial charge on any atom is 0.256 e. The Morgan fingerprint density at radius 2 is 1.94 bits per heavy atom. The topological polar surface area (TPSA) is 131 Å². The van der Waals surface area contributed by atoms with E-state index in [4.69, 9.17) is 4.74 Å². The van der Waals surface area contributed by atoms with Gasteiger partial charge in [0, 0.05) is 18.0 Å². The number of nitrogens with zero attached hydrogens (tertiary/aromatic N) is 7. The first-order valence-corrected chi connectivity index (χ1v) is 11.0. The predicted octanol–water partition coefficient (Wildman–Crippen LogP) is 1.80. The zero-order valence-electron chi connectivity index (χ0n) is 18.3. The summed E-state index contributed by atoms with van der Waals surface area (Å²) in [5.74, 6) is 0.541. The van der Waals surface area contributed by atoms with Crippen molar-refractivity contribution >= 4 is 28.8 Å². The van der Waals surface area contributed by atoms with Crippen LogP contribution < -0.4 is 10.2 Å². The van der Waals surface area contributed by atoms with Crippen molar-refractivity contribution in [1.82, 2.24) is 29.5 Å². The molecule has 2 fully saturated rings. The van der Waals surface area contributed by atoms with Crippen molar-refractivity contribution in [3.05, 3.63) is 67.0 Å². The predicted molar refractivity (Wildman–Crippen MR) is 122 cm³/mol. The first-order valence-electron chi connectivity index (χ1n) is 11.0. The summed E-state index contributed by atoms with van der Waals surface area (Å²) in [6.45, 7) is 2.47. The van der Waals surface area contributed by atoms with Crippen LogP contribution in [0.25, 0.3) is 11.2 Å². The van der Waals surface area contributed by atoms with Crippen molar-refractivity contribution in [1.29, 1.82) is 0 Å². The lowest BCUT2D eigenvalue weighted by molar-refractivity contribution is -0.104. The molecule has 0 radical (unpaired) electrons. The summed E-state index contributed by atoms with van der Waals surface area (Å²) in [4.78, 5) is 36.5. The smallest absolute Gasteiger partial charge is 0.256 e. The third kappa shape index (κ3) is 3.05. The monoisotopic (exact) mass is 458 g/mol. The molecule has 3 aromatic heterocycles. The Morgan fingerprint density at radius 3 is 2.68 bits per heavy atom. The highest BCUT2D eigenvalue weighted by Gasteiger charge is 2.63. The number of ether oxygens (including phenoxy) is 1. The second-order valence-electron chi connectivity index (χ2n) is 8.41. The number of aliphatic hydroxyl groups excluding tert-OH is 1. The van der Waals surface area contributed by atoms with Crippen molar-refractivity contribution in [3.8, 4) is 0 Å². The summed E-state index contributed by atoms with van der Waals surface area (Å²) in [5, 5.41) is 14.0. The van der Waals surface area contributed by atoms with Crippen LogP contribution in [0.4, 0.5) is 11.8 Å². The van der Waals surface area contributed by atoms with E-state index in [2.05, 4.69) is 30.2 Å². The molecule has 1 amide bonds. The van der Waals surface area contributed by atoms with Crippen LogP contribution in [0.1, 0.15) is 29.9 Å². The highest BCUT2D eigenvalue weighted by atomic mass is 16.6. The van der Waals surface area contributed by atoms with E-state index < -0.39 is 24.0 Å². The third-order valence-electron chi connectivity index (χ3n) is 6.62. The van der Waals surface area contributed by atoms with Gasteiger partial charge in [-0.2, -0.15) is 0 Å². The zero-order chi connectivity index (χ0) is 23.3. The van der Waals surface area contributed by atoms with Crippen LogP contribution in [0.2, 0.25) is 0 Å². The van der Waals surface area contributed by atoms with Crippen LogP contribution in [-0.2, 0) is 4.74 Å². The van der Waals surface area contributed by atoms with Crippen LogP contribution in [0.5, 0.6) is 0 Å². The van der Waals surface area contributed by atoms with E-state index in [0.717, 1.165) is 0 Å². The lowest BCUT2D eigenvalue weighted by Crippen LogP contribution is -2.46. The summed E-state index contributed by atoms with van der Waals surface area (Å²) < 4.78 is 8.21. The fraction of sp³-hybridized carbons (Fsp3) is 0.304. The fourth-order valence-corrected chi connectivity index (χ4v) is 4.86. The number of hydrogen-bond donors (Lipinski definition) is 2. The minimum Gasteiger partial charge on any atom is -0.388 e. The maximum atomic E-state index is 12.7. The third-order valence-corrected chi connectivity index (χ3v) is 6.62. The largest absolute Gasteiger partial charge is 0.388 e. The molecule has 0 spiro atoms. The number of carbonyl (C=O) groups excluding carboxylic acids is 1. The molecule has 0 unspecified atom stereocenters. The first kappa shape index (κ1) is 20.6. The molecule has 2 aliphatic heterocycles. The van der Waals surface area contributed by atoms with Gasteiger partial charge in [-0.15, -0.1) is 0 Å². The molecule has 2 aliphatic rings. The molecule has 11 heteroatoms. The van der Waals surface area contributed by atoms with E-state index in [9.17, 15) is 9.90 Å². The van der Waals surface area contributed by atoms with Crippen molar-refractivity contribution in [2.75, 3.05) is 16.8 Å². The Morgan fingerprint density at radius 1 is 1.15 bits per heavy atom. The first-order chi connectivity index (χ1) is 16.6. The van der Waals surface area contributed by atoms with Crippen LogP contribution in [0.3, 0.4) is 0 Å². The number of nitrogens with one attached hydrogen (secondary N) is 1. The molecule has 1 aromatic carbocycles. The molecule has 5 heterocycles. The number of aromatic nitrogens is 6. The number of morpholine rings is 1.